The zero-order valence-corrected chi connectivity index (χ0v) is 10.2. The second-order valence-electron chi connectivity index (χ2n) is 3.72. The van der Waals surface area contributed by atoms with Crippen LogP contribution in [0.4, 0.5) is 0 Å². The SMILES string of the molecule is CC(CN)S(=O)(=O)NCCc1ccccc1. The van der Waals surface area contributed by atoms with Gasteiger partial charge in [0.05, 0.1) is 5.25 Å². The fourth-order valence-corrected chi connectivity index (χ4v) is 2.18. The highest BCUT2D eigenvalue weighted by atomic mass is 32.2. The van der Waals surface area contributed by atoms with E-state index in [2.05, 4.69) is 4.72 Å². The first-order chi connectivity index (χ1) is 7.56. The van der Waals surface area contributed by atoms with E-state index in [0.717, 1.165) is 5.56 Å². The van der Waals surface area contributed by atoms with Crippen LogP contribution < -0.4 is 10.5 Å². The number of hydrogen-bond acceptors (Lipinski definition) is 3. The van der Waals surface area contributed by atoms with Crippen molar-refractivity contribution in [3.8, 4) is 0 Å². The van der Waals surface area contributed by atoms with Crippen molar-refractivity contribution in [2.45, 2.75) is 18.6 Å². The molecule has 0 aromatic heterocycles. The van der Waals surface area contributed by atoms with Crippen LogP contribution in [0.25, 0.3) is 0 Å². The van der Waals surface area contributed by atoms with Gasteiger partial charge in [-0.3, -0.25) is 0 Å². The van der Waals surface area contributed by atoms with E-state index < -0.39 is 15.3 Å². The topological polar surface area (TPSA) is 72.2 Å². The molecule has 0 saturated heterocycles. The molecular weight excluding hydrogens is 224 g/mol. The number of rotatable bonds is 6. The Morgan fingerprint density at radius 3 is 2.50 bits per heavy atom. The second kappa shape index (κ2) is 5.98. The van der Waals surface area contributed by atoms with Gasteiger partial charge in [-0.15, -0.1) is 0 Å². The van der Waals surface area contributed by atoms with Crippen LogP contribution in [-0.2, 0) is 16.4 Å². The molecule has 1 unspecified atom stereocenters. The number of benzene rings is 1. The largest absolute Gasteiger partial charge is 0.329 e. The molecule has 0 heterocycles. The molecular formula is C11H18N2O2S. The monoisotopic (exact) mass is 242 g/mol. The third kappa shape index (κ3) is 3.92. The highest BCUT2D eigenvalue weighted by molar-refractivity contribution is 7.90. The number of nitrogens with two attached hydrogens (primary N) is 1. The zero-order chi connectivity index (χ0) is 12.0. The van der Waals surface area contributed by atoms with Gasteiger partial charge in [0.15, 0.2) is 0 Å². The fourth-order valence-electron chi connectivity index (χ4n) is 1.25. The number of nitrogens with one attached hydrogen (secondary N) is 1. The molecule has 1 atom stereocenters. The lowest BCUT2D eigenvalue weighted by Gasteiger charge is -2.11. The predicted molar refractivity (Wildman–Crippen MR) is 65.6 cm³/mol. The van der Waals surface area contributed by atoms with E-state index in [1.165, 1.54) is 0 Å². The van der Waals surface area contributed by atoms with Crippen molar-refractivity contribution < 1.29 is 8.42 Å². The summed E-state index contributed by atoms with van der Waals surface area (Å²) >= 11 is 0. The van der Waals surface area contributed by atoms with E-state index in [0.29, 0.717) is 13.0 Å². The van der Waals surface area contributed by atoms with Crippen molar-refractivity contribution >= 4 is 10.0 Å². The minimum atomic E-state index is -3.26. The molecule has 0 spiro atoms. The second-order valence-corrected chi connectivity index (χ2v) is 5.90. The Balaban J connectivity index is 2.42. The molecule has 0 fully saturated rings. The Morgan fingerprint density at radius 2 is 1.94 bits per heavy atom. The summed E-state index contributed by atoms with van der Waals surface area (Å²) in [6.07, 6.45) is 0.692. The lowest BCUT2D eigenvalue weighted by Crippen LogP contribution is -2.37. The maximum atomic E-state index is 11.6. The zero-order valence-electron chi connectivity index (χ0n) is 9.39. The summed E-state index contributed by atoms with van der Waals surface area (Å²) in [5.41, 5.74) is 6.44. The molecule has 0 bridgehead atoms. The van der Waals surface area contributed by atoms with Crippen LogP contribution in [0.5, 0.6) is 0 Å². The maximum Gasteiger partial charge on any atom is 0.215 e. The standard InChI is InChI=1S/C11H18N2O2S/c1-10(9-12)16(14,15)13-8-7-11-5-3-2-4-6-11/h2-6,10,13H,7-9,12H2,1H3. The van der Waals surface area contributed by atoms with Gasteiger partial charge >= 0.3 is 0 Å². The van der Waals surface area contributed by atoms with Crippen LogP contribution in [0.2, 0.25) is 0 Å². The van der Waals surface area contributed by atoms with E-state index in [1.54, 1.807) is 6.92 Å². The van der Waals surface area contributed by atoms with Crippen molar-refractivity contribution in [2.24, 2.45) is 5.73 Å². The molecule has 0 aliphatic carbocycles. The Morgan fingerprint density at radius 1 is 1.31 bits per heavy atom. The molecule has 0 aliphatic heterocycles. The Bertz CT molecular complexity index is 403. The molecule has 0 amide bonds. The minimum Gasteiger partial charge on any atom is -0.329 e. The van der Waals surface area contributed by atoms with Gasteiger partial charge in [0.2, 0.25) is 10.0 Å². The smallest absolute Gasteiger partial charge is 0.215 e. The summed E-state index contributed by atoms with van der Waals surface area (Å²) in [4.78, 5) is 0. The molecule has 1 aromatic carbocycles. The van der Waals surface area contributed by atoms with E-state index in [4.69, 9.17) is 5.73 Å². The molecule has 16 heavy (non-hydrogen) atoms. The Kier molecular flexibility index (Phi) is 4.92. The molecule has 0 aliphatic rings. The highest BCUT2D eigenvalue weighted by Gasteiger charge is 2.17. The fraction of sp³-hybridized carbons (Fsp3) is 0.455. The normalized spacial score (nSPS) is 13.6. The molecule has 1 rings (SSSR count). The first kappa shape index (κ1) is 13.2. The summed E-state index contributed by atoms with van der Waals surface area (Å²) in [6, 6.07) is 9.75. The summed E-state index contributed by atoms with van der Waals surface area (Å²) in [7, 11) is -3.26. The van der Waals surface area contributed by atoms with Gasteiger partial charge in [-0.25, -0.2) is 13.1 Å². The van der Waals surface area contributed by atoms with Crippen molar-refractivity contribution in [1.82, 2.24) is 4.72 Å². The van der Waals surface area contributed by atoms with Crippen LogP contribution >= 0.6 is 0 Å². The van der Waals surface area contributed by atoms with Crippen molar-refractivity contribution in [2.75, 3.05) is 13.1 Å². The highest BCUT2D eigenvalue weighted by Crippen LogP contribution is 2.00. The van der Waals surface area contributed by atoms with Gasteiger partial charge in [0.1, 0.15) is 0 Å². The van der Waals surface area contributed by atoms with Gasteiger partial charge in [0, 0.05) is 13.1 Å². The quantitative estimate of drug-likeness (QED) is 0.763. The lowest BCUT2D eigenvalue weighted by atomic mass is 10.2. The lowest BCUT2D eigenvalue weighted by molar-refractivity contribution is 0.569. The van der Waals surface area contributed by atoms with Crippen LogP contribution in [-0.4, -0.2) is 26.8 Å². The van der Waals surface area contributed by atoms with Gasteiger partial charge in [-0.1, -0.05) is 30.3 Å². The molecule has 0 saturated carbocycles. The summed E-state index contributed by atoms with van der Waals surface area (Å²) in [5.74, 6) is 0. The summed E-state index contributed by atoms with van der Waals surface area (Å²) in [5, 5.41) is -0.539. The molecule has 0 radical (unpaired) electrons. The molecule has 3 N–H and O–H groups in total. The van der Waals surface area contributed by atoms with Crippen molar-refractivity contribution in [3.63, 3.8) is 0 Å². The summed E-state index contributed by atoms with van der Waals surface area (Å²) < 4.78 is 25.7. The molecule has 4 nitrogen and oxygen atoms in total. The van der Waals surface area contributed by atoms with Gasteiger partial charge in [-0.2, -0.15) is 0 Å². The minimum absolute atomic E-state index is 0.140. The van der Waals surface area contributed by atoms with E-state index in [1.807, 2.05) is 30.3 Å². The van der Waals surface area contributed by atoms with Crippen molar-refractivity contribution in [3.05, 3.63) is 35.9 Å². The number of hydrogen-bond donors (Lipinski definition) is 2. The molecule has 5 heteroatoms. The average molecular weight is 242 g/mol. The van der Waals surface area contributed by atoms with E-state index >= 15 is 0 Å². The Labute approximate surface area is 96.9 Å². The first-order valence-electron chi connectivity index (χ1n) is 5.28. The molecule has 90 valence electrons. The van der Waals surface area contributed by atoms with E-state index in [-0.39, 0.29) is 6.54 Å². The van der Waals surface area contributed by atoms with Crippen LogP contribution in [0.15, 0.2) is 30.3 Å². The third-order valence-electron chi connectivity index (χ3n) is 2.42. The number of sulfonamides is 1. The average Bonchev–Trinajstić information content (AvgIpc) is 2.29. The van der Waals surface area contributed by atoms with Crippen LogP contribution in [0, 0.1) is 0 Å². The van der Waals surface area contributed by atoms with Gasteiger partial charge in [-0.05, 0) is 18.9 Å². The maximum absolute atomic E-state index is 11.6. The van der Waals surface area contributed by atoms with Crippen LogP contribution in [0.1, 0.15) is 12.5 Å². The van der Waals surface area contributed by atoms with Gasteiger partial charge < -0.3 is 5.73 Å². The van der Waals surface area contributed by atoms with Crippen molar-refractivity contribution in [1.29, 1.82) is 0 Å². The Hall–Kier alpha value is -0.910. The first-order valence-corrected chi connectivity index (χ1v) is 6.83. The van der Waals surface area contributed by atoms with Gasteiger partial charge in [0.25, 0.3) is 0 Å². The van der Waals surface area contributed by atoms with E-state index in [9.17, 15) is 8.42 Å². The molecule has 1 aromatic rings. The summed E-state index contributed by atoms with van der Waals surface area (Å²) in [6.45, 7) is 2.15. The third-order valence-corrected chi connectivity index (χ3v) is 4.28. The predicted octanol–water partition coefficient (Wildman–Crippen LogP) is 0.496. The van der Waals surface area contributed by atoms with Crippen LogP contribution in [0.3, 0.4) is 0 Å².